The summed E-state index contributed by atoms with van der Waals surface area (Å²) in [5, 5.41) is 0.0963. The summed E-state index contributed by atoms with van der Waals surface area (Å²) in [6, 6.07) is 16.6. The Hall–Kier alpha value is -2.19. The molecule has 5 nitrogen and oxygen atoms in total. The number of ether oxygens (including phenoxy) is 2. The molecule has 0 bridgehead atoms. The van der Waals surface area contributed by atoms with E-state index in [2.05, 4.69) is 80.6 Å². The van der Waals surface area contributed by atoms with Crippen LogP contribution in [-0.2, 0) is 25.6 Å². The number of hydrogen-bond donors (Lipinski definition) is 0. The van der Waals surface area contributed by atoms with Crippen LogP contribution in [0.25, 0.3) is 0 Å². The summed E-state index contributed by atoms with van der Waals surface area (Å²) in [6.45, 7) is 22.5. The topological polar surface area (TPSA) is 61.8 Å². The van der Waals surface area contributed by atoms with E-state index in [-0.39, 0.29) is 34.8 Å². The maximum atomic E-state index is 13.1. The normalized spacial score (nSPS) is 16.4. The van der Waals surface area contributed by atoms with E-state index < -0.39 is 18.2 Å². The van der Waals surface area contributed by atoms with E-state index in [0.717, 1.165) is 23.3 Å². The van der Waals surface area contributed by atoms with E-state index in [1.807, 2.05) is 30.3 Å². The lowest BCUT2D eigenvalue weighted by Crippen LogP contribution is -2.46. The fourth-order valence-electron chi connectivity index (χ4n) is 4.92. The molecule has 7 heteroatoms. The van der Waals surface area contributed by atoms with Crippen molar-refractivity contribution < 1.29 is 22.3 Å². The highest BCUT2D eigenvalue weighted by Gasteiger charge is 2.40. The highest BCUT2D eigenvalue weighted by Crippen LogP contribution is 2.40. The molecular weight excluding hydrogens is 573 g/mol. The van der Waals surface area contributed by atoms with Crippen LogP contribution in [0.1, 0.15) is 73.8 Å². The highest BCUT2D eigenvalue weighted by molar-refractivity contribution is 7.91. The van der Waals surface area contributed by atoms with Crippen LogP contribution in [0.15, 0.2) is 82.8 Å². The van der Waals surface area contributed by atoms with Crippen LogP contribution in [0.5, 0.6) is 5.75 Å². The summed E-state index contributed by atoms with van der Waals surface area (Å²) < 4.78 is 45.2. The zero-order valence-corrected chi connectivity index (χ0v) is 30.3. The first-order chi connectivity index (χ1) is 20.1. The molecule has 0 saturated heterocycles. The van der Waals surface area contributed by atoms with Crippen molar-refractivity contribution in [2.75, 3.05) is 12.9 Å². The van der Waals surface area contributed by atoms with Crippen LogP contribution >= 0.6 is 0 Å². The van der Waals surface area contributed by atoms with Gasteiger partial charge in [-0.05, 0) is 98.6 Å². The molecule has 0 heterocycles. The SMILES string of the molecule is C/C=C(\C)[C@H](O[Si](C)(C)C(C)(C)C)[C@H](/C=C(\C)[C@@H](OCc1ccc(OC)cc1)[C@@H](C)CCS(=O)(=O)c1ccccc1)CC. The van der Waals surface area contributed by atoms with Crippen molar-refractivity contribution in [1.29, 1.82) is 0 Å². The lowest BCUT2D eigenvalue weighted by molar-refractivity contribution is 0.0284. The average Bonchev–Trinajstić information content (AvgIpc) is 2.97. The van der Waals surface area contributed by atoms with Gasteiger partial charge in [-0.25, -0.2) is 8.42 Å². The Morgan fingerprint density at radius 1 is 0.953 bits per heavy atom. The number of benzene rings is 2. The van der Waals surface area contributed by atoms with Gasteiger partial charge in [-0.3, -0.25) is 0 Å². The summed E-state index contributed by atoms with van der Waals surface area (Å²) in [6.07, 6.45) is 5.63. The van der Waals surface area contributed by atoms with Crippen LogP contribution in [0.4, 0.5) is 0 Å². The van der Waals surface area contributed by atoms with Gasteiger partial charge in [-0.1, -0.05) is 77.1 Å². The zero-order valence-electron chi connectivity index (χ0n) is 28.4. The molecule has 0 unspecified atom stereocenters. The van der Waals surface area contributed by atoms with Gasteiger partial charge >= 0.3 is 0 Å². The maximum Gasteiger partial charge on any atom is 0.192 e. The second-order valence-electron chi connectivity index (χ2n) is 13.3. The molecule has 0 radical (unpaired) electrons. The van der Waals surface area contributed by atoms with Gasteiger partial charge in [0.25, 0.3) is 0 Å². The molecule has 0 spiro atoms. The molecule has 0 saturated carbocycles. The molecule has 240 valence electrons. The predicted octanol–water partition coefficient (Wildman–Crippen LogP) is 9.41. The van der Waals surface area contributed by atoms with Gasteiger partial charge in [0.15, 0.2) is 18.2 Å². The average molecular weight is 629 g/mol. The lowest BCUT2D eigenvalue weighted by atomic mass is 9.88. The summed E-state index contributed by atoms with van der Waals surface area (Å²) in [7, 11) is -3.77. The van der Waals surface area contributed by atoms with Gasteiger partial charge in [-0.15, -0.1) is 0 Å². The van der Waals surface area contributed by atoms with Gasteiger partial charge in [0, 0.05) is 5.92 Å². The van der Waals surface area contributed by atoms with Gasteiger partial charge in [0.1, 0.15) is 5.75 Å². The Morgan fingerprint density at radius 2 is 1.56 bits per heavy atom. The molecule has 43 heavy (non-hydrogen) atoms. The largest absolute Gasteiger partial charge is 0.497 e. The minimum absolute atomic E-state index is 0.0203. The Bertz CT molecular complexity index is 1290. The van der Waals surface area contributed by atoms with E-state index in [0.29, 0.717) is 17.9 Å². The summed E-state index contributed by atoms with van der Waals surface area (Å²) in [5.74, 6) is 1.01. The number of sulfone groups is 1. The zero-order chi connectivity index (χ0) is 32.4. The van der Waals surface area contributed by atoms with Crippen LogP contribution in [0.3, 0.4) is 0 Å². The fraction of sp³-hybridized carbons (Fsp3) is 0.556. The van der Waals surface area contributed by atoms with Crippen LogP contribution in [0.2, 0.25) is 18.1 Å². The van der Waals surface area contributed by atoms with E-state index >= 15 is 0 Å². The summed E-state index contributed by atoms with van der Waals surface area (Å²) >= 11 is 0. The smallest absolute Gasteiger partial charge is 0.192 e. The number of hydrogen-bond acceptors (Lipinski definition) is 5. The lowest BCUT2D eigenvalue weighted by Gasteiger charge is -2.41. The number of allylic oxidation sites excluding steroid dienone is 1. The molecule has 0 aliphatic heterocycles. The van der Waals surface area contributed by atoms with E-state index in [1.54, 1.807) is 31.4 Å². The second kappa shape index (κ2) is 16.2. The van der Waals surface area contributed by atoms with E-state index in [1.165, 1.54) is 5.57 Å². The minimum Gasteiger partial charge on any atom is -0.497 e. The molecule has 0 fully saturated rings. The van der Waals surface area contributed by atoms with Gasteiger partial charge < -0.3 is 13.9 Å². The first-order valence-electron chi connectivity index (χ1n) is 15.6. The molecule has 0 amide bonds. The molecule has 2 aromatic rings. The molecule has 0 aromatic heterocycles. The molecular formula is C36H56O5SSi. The number of methoxy groups -OCH3 is 1. The second-order valence-corrected chi connectivity index (χ2v) is 20.2. The maximum absolute atomic E-state index is 13.1. The van der Waals surface area contributed by atoms with Crippen molar-refractivity contribution in [3.05, 3.63) is 83.5 Å². The Balaban J connectivity index is 2.40. The number of rotatable bonds is 16. The van der Waals surface area contributed by atoms with Crippen LogP contribution in [-0.4, -0.2) is 41.8 Å². The molecule has 2 aromatic carbocycles. The third kappa shape index (κ3) is 10.7. The monoisotopic (exact) mass is 628 g/mol. The summed E-state index contributed by atoms with van der Waals surface area (Å²) in [5.41, 5.74) is 3.38. The minimum atomic E-state index is -3.39. The van der Waals surface area contributed by atoms with Crippen molar-refractivity contribution in [1.82, 2.24) is 0 Å². The van der Waals surface area contributed by atoms with Crippen molar-refractivity contribution >= 4 is 18.2 Å². The predicted molar refractivity (Wildman–Crippen MR) is 183 cm³/mol. The van der Waals surface area contributed by atoms with Crippen molar-refractivity contribution in [3.8, 4) is 5.75 Å². The Kier molecular flexibility index (Phi) is 13.9. The van der Waals surface area contributed by atoms with E-state index in [4.69, 9.17) is 13.9 Å². The Labute approximate surface area is 263 Å². The first-order valence-corrected chi connectivity index (χ1v) is 20.1. The van der Waals surface area contributed by atoms with Crippen LogP contribution < -0.4 is 4.74 Å². The highest BCUT2D eigenvalue weighted by atomic mass is 32.2. The molecule has 4 atom stereocenters. The Morgan fingerprint density at radius 3 is 2.07 bits per heavy atom. The summed E-state index contributed by atoms with van der Waals surface area (Å²) in [4.78, 5) is 0.365. The van der Waals surface area contributed by atoms with Crippen molar-refractivity contribution in [3.63, 3.8) is 0 Å². The van der Waals surface area contributed by atoms with Crippen molar-refractivity contribution in [2.45, 2.75) is 110 Å². The molecule has 0 aliphatic carbocycles. The van der Waals surface area contributed by atoms with Crippen LogP contribution in [0, 0.1) is 11.8 Å². The fourth-order valence-corrected chi connectivity index (χ4v) is 7.76. The van der Waals surface area contributed by atoms with Gasteiger partial charge in [0.2, 0.25) is 0 Å². The molecule has 2 rings (SSSR count). The quantitative estimate of drug-likeness (QED) is 0.137. The third-order valence-corrected chi connectivity index (χ3v) is 15.2. The van der Waals surface area contributed by atoms with Gasteiger partial charge in [-0.2, -0.15) is 0 Å². The first kappa shape index (κ1) is 37.0. The standard InChI is InChI=1S/C36H56O5SSi/c1-12-27(3)35(41-43(10,11)36(6,7)8)31(13-2)25-29(5)34(40-26-30-19-21-32(39-9)22-20-30)28(4)23-24-42(37,38)33-17-15-14-16-18-33/h12,14-22,25,28,31,34-35H,13,23-24,26H2,1-11H3/b27-12+,29-25+/t28-,31-,34-,35-/m0/s1. The molecule has 0 N–H and O–H groups in total. The van der Waals surface area contributed by atoms with Gasteiger partial charge in [0.05, 0.1) is 36.6 Å². The van der Waals surface area contributed by atoms with E-state index in [9.17, 15) is 8.42 Å². The third-order valence-electron chi connectivity index (χ3n) is 8.97. The van der Waals surface area contributed by atoms with Crippen molar-refractivity contribution in [2.24, 2.45) is 11.8 Å². The molecule has 0 aliphatic rings.